The number of H-pyrrole nitrogens is 1. The average Bonchev–Trinajstić information content (AvgIpc) is 2.95. The Labute approximate surface area is 154 Å². The van der Waals surface area contributed by atoms with Crippen LogP contribution in [-0.4, -0.2) is 40.5 Å². The number of benzene rings is 1. The molecule has 138 valence electrons. The Kier molecular flexibility index (Phi) is 4.07. The Hall–Kier alpha value is -2.27. The van der Waals surface area contributed by atoms with Crippen LogP contribution in [0.3, 0.4) is 0 Å². The topological polar surface area (TPSA) is 82.3 Å². The summed E-state index contributed by atoms with van der Waals surface area (Å²) >= 11 is 0. The number of phenolic OH excluding ortho intramolecular Hbond substituents is 1. The standard InChI is InChI=1S/C21H27N3O2/c1-3-24-8-7-21(14-5-4-6-16(25)9-14)11-18-17(10-15(21)12-24)13(2)19(23-18)20(22)26/h4-6,9,15,23,25H,3,7-8,10-12H2,1-2H3,(H2,22,26)/t15-,21+/m1/s1. The molecule has 1 aliphatic carbocycles. The van der Waals surface area contributed by atoms with Crippen molar-refractivity contribution in [2.45, 2.75) is 38.5 Å². The Morgan fingerprint density at radius 1 is 1.46 bits per heavy atom. The van der Waals surface area contributed by atoms with Gasteiger partial charge in [-0.15, -0.1) is 0 Å². The fourth-order valence-electron chi connectivity index (χ4n) is 5.15. The third kappa shape index (κ3) is 2.53. The maximum absolute atomic E-state index is 11.8. The second-order valence-electron chi connectivity index (χ2n) is 7.87. The van der Waals surface area contributed by atoms with E-state index in [0.29, 0.717) is 17.4 Å². The van der Waals surface area contributed by atoms with E-state index in [0.717, 1.165) is 50.2 Å². The van der Waals surface area contributed by atoms with Crippen molar-refractivity contribution in [3.05, 3.63) is 52.3 Å². The van der Waals surface area contributed by atoms with Gasteiger partial charge in [-0.05, 0) is 74.0 Å². The number of aromatic hydroxyl groups is 1. The van der Waals surface area contributed by atoms with Gasteiger partial charge < -0.3 is 20.7 Å². The minimum absolute atomic E-state index is 0.0103. The van der Waals surface area contributed by atoms with E-state index < -0.39 is 0 Å². The minimum atomic E-state index is -0.388. The van der Waals surface area contributed by atoms with Crippen molar-refractivity contribution >= 4 is 5.91 Å². The van der Waals surface area contributed by atoms with Gasteiger partial charge >= 0.3 is 0 Å². The highest BCUT2D eigenvalue weighted by atomic mass is 16.3. The maximum Gasteiger partial charge on any atom is 0.265 e. The van der Waals surface area contributed by atoms with E-state index in [1.807, 2.05) is 19.1 Å². The first-order valence-corrected chi connectivity index (χ1v) is 9.46. The highest BCUT2D eigenvalue weighted by Crippen LogP contribution is 2.49. The third-order valence-electron chi connectivity index (χ3n) is 6.66. The number of nitrogens with two attached hydrogens (primary N) is 1. The van der Waals surface area contributed by atoms with Crippen LogP contribution in [0.4, 0.5) is 0 Å². The van der Waals surface area contributed by atoms with E-state index in [2.05, 4.69) is 22.9 Å². The molecular weight excluding hydrogens is 326 g/mol. The molecule has 1 fully saturated rings. The highest BCUT2D eigenvalue weighted by molar-refractivity contribution is 5.93. The summed E-state index contributed by atoms with van der Waals surface area (Å²) in [5.74, 6) is 0.391. The number of hydrogen-bond donors (Lipinski definition) is 3. The van der Waals surface area contributed by atoms with E-state index in [9.17, 15) is 9.90 Å². The first-order chi connectivity index (χ1) is 12.4. The number of amides is 1. The Morgan fingerprint density at radius 2 is 2.27 bits per heavy atom. The third-order valence-corrected chi connectivity index (χ3v) is 6.66. The summed E-state index contributed by atoms with van der Waals surface area (Å²) in [7, 11) is 0. The lowest BCUT2D eigenvalue weighted by Gasteiger charge is -2.51. The van der Waals surface area contributed by atoms with Crippen LogP contribution in [0.2, 0.25) is 0 Å². The number of aromatic amines is 1. The van der Waals surface area contributed by atoms with Crippen LogP contribution in [0.5, 0.6) is 5.75 Å². The lowest BCUT2D eigenvalue weighted by Crippen LogP contribution is -2.53. The molecule has 5 heteroatoms. The van der Waals surface area contributed by atoms with Gasteiger partial charge in [0.15, 0.2) is 0 Å². The van der Waals surface area contributed by atoms with E-state index in [4.69, 9.17) is 5.73 Å². The zero-order chi connectivity index (χ0) is 18.5. The largest absolute Gasteiger partial charge is 0.508 e. The van der Waals surface area contributed by atoms with Crippen LogP contribution >= 0.6 is 0 Å². The zero-order valence-electron chi connectivity index (χ0n) is 15.5. The second-order valence-corrected chi connectivity index (χ2v) is 7.87. The predicted octanol–water partition coefficient (Wildman–Crippen LogP) is 2.51. The summed E-state index contributed by atoms with van der Waals surface area (Å²) in [5.41, 5.74) is 10.7. The van der Waals surface area contributed by atoms with Crippen molar-refractivity contribution in [2.24, 2.45) is 11.7 Å². The number of piperidine rings is 1. The molecule has 0 spiro atoms. The van der Waals surface area contributed by atoms with Gasteiger partial charge in [0.05, 0.1) is 0 Å². The summed E-state index contributed by atoms with van der Waals surface area (Å²) in [6.45, 7) is 7.36. The Bertz CT molecular complexity index is 857. The average molecular weight is 353 g/mol. The fraction of sp³-hybridized carbons (Fsp3) is 0.476. The van der Waals surface area contributed by atoms with Gasteiger partial charge in [0.2, 0.25) is 0 Å². The van der Waals surface area contributed by atoms with Gasteiger partial charge in [-0.25, -0.2) is 0 Å². The predicted molar refractivity (Wildman–Crippen MR) is 101 cm³/mol. The number of primary amides is 1. The molecule has 0 saturated carbocycles. The quantitative estimate of drug-likeness (QED) is 0.793. The molecule has 2 heterocycles. The minimum Gasteiger partial charge on any atom is -0.508 e. The molecule has 1 amide bonds. The molecule has 0 radical (unpaired) electrons. The molecule has 5 nitrogen and oxygen atoms in total. The first-order valence-electron chi connectivity index (χ1n) is 9.46. The molecule has 2 aliphatic rings. The smallest absolute Gasteiger partial charge is 0.265 e. The van der Waals surface area contributed by atoms with Gasteiger partial charge in [-0.2, -0.15) is 0 Å². The second kappa shape index (κ2) is 6.16. The maximum atomic E-state index is 11.8. The van der Waals surface area contributed by atoms with Gasteiger partial charge in [-0.3, -0.25) is 4.79 Å². The molecule has 2 aromatic rings. The molecular formula is C21H27N3O2. The molecule has 1 aromatic heterocycles. The summed E-state index contributed by atoms with van der Waals surface area (Å²) in [5, 5.41) is 10.1. The Balaban J connectivity index is 1.83. The van der Waals surface area contributed by atoms with Crippen molar-refractivity contribution in [1.82, 2.24) is 9.88 Å². The molecule has 1 saturated heterocycles. The van der Waals surface area contributed by atoms with E-state index in [1.165, 1.54) is 11.1 Å². The molecule has 0 bridgehead atoms. The molecule has 4 N–H and O–H groups in total. The van der Waals surface area contributed by atoms with E-state index >= 15 is 0 Å². The molecule has 0 unspecified atom stereocenters. The number of carbonyl (C=O) groups is 1. The molecule has 1 aliphatic heterocycles. The number of nitrogens with zero attached hydrogens (tertiary/aromatic N) is 1. The van der Waals surface area contributed by atoms with Crippen LogP contribution in [0.1, 0.15) is 46.2 Å². The number of aromatic nitrogens is 1. The SMILES string of the molecule is CCN1CC[C@@]2(c3cccc(O)c3)Cc3[nH]c(C(N)=O)c(C)c3C[C@@H]2C1. The Morgan fingerprint density at radius 3 is 2.96 bits per heavy atom. The van der Waals surface area contributed by atoms with Crippen molar-refractivity contribution < 1.29 is 9.90 Å². The van der Waals surface area contributed by atoms with Gasteiger partial charge in [0.1, 0.15) is 11.4 Å². The van der Waals surface area contributed by atoms with Gasteiger partial charge in [0, 0.05) is 17.7 Å². The lowest BCUT2D eigenvalue weighted by atomic mass is 9.58. The van der Waals surface area contributed by atoms with Crippen molar-refractivity contribution in [3.63, 3.8) is 0 Å². The van der Waals surface area contributed by atoms with Crippen LogP contribution < -0.4 is 5.73 Å². The normalized spacial score (nSPS) is 25.5. The van der Waals surface area contributed by atoms with Crippen LogP contribution in [0, 0.1) is 12.8 Å². The fourth-order valence-corrected chi connectivity index (χ4v) is 5.15. The van der Waals surface area contributed by atoms with E-state index in [1.54, 1.807) is 6.07 Å². The molecule has 4 rings (SSSR count). The molecule has 2 atom stereocenters. The highest BCUT2D eigenvalue weighted by Gasteiger charge is 2.48. The van der Waals surface area contributed by atoms with Crippen molar-refractivity contribution in [3.8, 4) is 5.75 Å². The zero-order valence-corrected chi connectivity index (χ0v) is 15.5. The number of carbonyl (C=O) groups excluding carboxylic acids is 1. The number of rotatable bonds is 3. The van der Waals surface area contributed by atoms with Crippen LogP contribution in [0.25, 0.3) is 0 Å². The van der Waals surface area contributed by atoms with Crippen LogP contribution in [0.15, 0.2) is 24.3 Å². The monoisotopic (exact) mass is 353 g/mol. The lowest BCUT2D eigenvalue weighted by molar-refractivity contribution is 0.0848. The summed E-state index contributed by atoms with van der Waals surface area (Å²) in [6.07, 6.45) is 2.86. The van der Waals surface area contributed by atoms with Crippen molar-refractivity contribution in [1.29, 1.82) is 0 Å². The number of phenols is 1. The molecule has 1 aromatic carbocycles. The number of hydrogen-bond acceptors (Lipinski definition) is 3. The summed E-state index contributed by atoms with van der Waals surface area (Å²) < 4.78 is 0. The van der Waals surface area contributed by atoms with Gasteiger partial charge in [0.25, 0.3) is 5.91 Å². The first kappa shape index (κ1) is 17.2. The number of fused-ring (bicyclic) bond motifs is 2. The van der Waals surface area contributed by atoms with E-state index in [-0.39, 0.29) is 11.3 Å². The summed E-state index contributed by atoms with van der Waals surface area (Å²) in [6, 6.07) is 7.73. The van der Waals surface area contributed by atoms with Gasteiger partial charge in [-0.1, -0.05) is 19.1 Å². The number of likely N-dealkylation sites (tertiary alicyclic amines) is 1. The van der Waals surface area contributed by atoms with Crippen molar-refractivity contribution in [2.75, 3.05) is 19.6 Å². The summed E-state index contributed by atoms with van der Waals surface area (Å²) in [4.78, 5) is 17.6. The van der Waals surface area contributed by atoms with Crippen LogP contribution in [-0.2, 0) is 18.3 Å². The molecule has 26 heavy (non-hydrogen) atoms. The number of nitrogens with one attached hydrogen (secondary N) is 1.